The van der Waals surface area contributed by atoms with Gasteiger partial charge in [-0.15, -0.1) is 0 Å². The van der Waals surface area contributed by atoms with E-state index < -0.39 is 26.5 Å². The van der Waals surface area contributed by atoms with E-state index in [-0.39, 0.29) is 25.6 Å². The molecule has 0 radical (unpaired) electrons. The molecular weight excluding hydrogens is 1240 g/mol. The molecule has 2 unspecified atom stereocenters. The van der Waals surface area contributed by atoms with Gasteiger partial charge in [-0.05, 0) is 77.0 Å². The first-order valence-electron chi connectivity index (χ1n) is 42.5. The number of likely N-dealkylation sites (N-methyl/N-ethyl adjacent to an activating group) is 1. The van der Waals surface area contributed by atoms with Crippen LogP contribution in [0.15, 0.2) is 97.2 Å². The van der Waals surface area contributed by atoms with Crippen molar-refractivity contribution in [2.45, 2.75) is 412 Å². The number of allylic oxidation sites excluding steroid dienone is 16. The van der Waals surface area contributed by atoms with Crippen LogP contribution in [0.5, 0.6) is 0 Å². The molecule has 1 N–H and O–H groups in total. The first-order valence-corrected chi connectivity index (χ1v) is 44.0. The van der Waals surface area contributed by atoms with Crippen LogP contribution in [0.1, 0.15) is 406 Å². The van der Waals surface area contributed by atoms with Gasteiger partial charge < -0.3 is 18.9 Å². The van der Waals surface area contributed by atoms with Crippen LogP contribution in [-0.4, -0.2) is 74.9 Å². The SMILES string of the molecule is CC/C=C\C/C=C\C/C=C\C/C=C\C/C=C\C/C=C\C/C=C\C/C=C\CCCCCCCCCCCCCCCCCCC(=O)OC(COC(=O)CCCCCCCCCCCCCCCCCCCCCCCCCCCCCCCCCCCC)COP(=O)(O)OCC[N+](C)(C)C. The summed E-state index contributed by atoms with van der Waals surface area (Å²) in [5.41, 5.74) is 0. The molecule has 10 heteroatoms. The Hall–Kier alpha value is -3.07. The van der Waals surface area contributed by atoms with Crippen molar-refractivity contribution in [3.63, 3.8) is 0 Å². The topological polar surface area (TPSA) is 108 Å². The molecule has 2 atom stereocenters. The van der Waals surface area contributed by atoms with Crippen molar-refractivity contribution in [2.24, 2.45) is 0 Å². The maximum absolute atomic E-state index is 12.9. The predicted octanol–water partition coefficient (Wildman–Crippen LogP) is 28.6. The number of phosphoric acid groups is 1. The Kier molecular flexibility index (Phi) is 76.6. The zero-order valence-electron chi connectivity index (χ0n) is 66.0. The highest BCUT2D eigenvalue weighted by Crippen LogP contribution is 2.43. The van der Waals surface area contributed by atoms with Crippen LogP contribution in [-0.2, 0) is 32.7 Å². The second-order valence-corrected chi connectivity index (χ2v) is 31.3. The van der Waals surface area contributed by atoms with Gasteiger partial charge in [-0.25, -0.2) is 4.57 Å². The number of hydrogen-bond donors (Lipinski definition) is 1. The number of unbranched alkanes of at least 4 members (excludes halogenated alkanes) is 49. The molecule has 0 amide bonds. The molecule has 0 heterocycles. The van der Waals surface area contributed by atoms with Gasteiger partial charge in [-0.2, -0.15) is 0 Å². The molecule has 0 saturated carbocycles. The summed E-state index contributed by atoms with van der Waals surface area (Å²) in [5.74, 6) is -0.779. The summed E-state index contributed by atoms with van der Waals surface area (Å²) in [6.07, 6.45) is 111. The first kappa shape index (κ1) is 95.9. The number of quaternary nitrogens is 1. The molecule has 0 aromatic rings. The maximum atomic E-state index is 12.9. The van der Waals surface area contributed by atoms with Gasteiger partial charge in [0.15, 0.2) is 6.10 Å². The quantitative estimate of drug-likeness (QED) is 0.0211. The summed E-state index contributed by atoms with van der Waals surface area (Å²) < 4.78 is 34.9. The summed E-state index contributed by atoms with van der Waals surface area (Å²) in [5, 5.41) is 0. The highest BCUT2D eigenvalue weighted by molar-refractivity contribution is 7.47. The third-order valence-electron chi connectivity index (χ3n) is 18.9. The Labute approximate surface area is 614 Å². The molecule has 0 aliphatic carbocycles. The minimum absolute atomic E-state index is 0.0318. The molecule has 0 aromatic heterocycles. The lowest BCUT2D eigenvalue weighted by atomic mass is 10.0. The molecule has 99 heavy (non-hydrogen) atoms. The van der Waals surface area contributed by atoms with Crippen molar-refractivity contribution in [2.75, 3.05) is 47.5 Å². The fourth-order valence-electron chi connectivity index (χ4n) is 12.5. The molecule has 0 spiro atoms. The van der Waals surface area contributed by atoms with Gasteiger partial charge in [0, 0.05) is 12.8 Å². The Balaban J connectivity index is 3.92. The Bertz CT molecular complexity index is 2000. The summed E-state index contributed by atoms with van der Waals surface area (Å²) in [7, 11) is 1.49. The number of ether oxygens (including phenoxy) is 2. The number of nitrogens with zero attached hydrogens (tertiary/aromatic N) is 1. The normalized spacial score (nSPS) is 13.5. The van der Waals surface area contributed by atoms with Gasteiger partial charge in [0.1, 0.15) is 19.8 Å². The van der Waals surface area contributed by atoms with Crippen LogP contribution in [0.3, 0.4) is 0 Å². The highest BCUT2D eigenvalue weighted by Gasteiger charge is 2.27. The van der Waals surface area contributed by atoms with Crippen LogP contribution in [0.4, 0.5) is 0 Å². The number of phosphoric ester groups is 1. The van der Waals surface area contributed by atoms with Crippen LogP contribution in [0.25, 0.3) is 0 Å². The van der Waals surface area contributed by atoms with E-state index in [0.717, 1.165) is 83.5 Å². The van der Waals surface area contributed by atoms with Gasteiger partial charge in [0.25, 0.3) is 0 Å². The zero-order chi connectivity index (χ0) is 71.8. The number of hydrogen-bond acceptors (Lipinski definition) is 7. The maximum Gasteiger partial charge on any atom is 0.472 e. The van der Waals surface area contributed by atoms with E-state index in [1.807, 2.05) is 21.1 Å². The van der Waals surface area contributed by atoms with E-state index in [2.05, 4.69) is 111 Å². The van der Waals surface area contributed by atoms with E-state index >= 15 is 0 Å². The lowest BCUT2D eigenvalue weighted by Crippen LogP contribution is -2.37. The molecular formula is C89H163NO8P+. The molecule has 0 fully saturated rings. The number of carbonyl (C=O) groups excluding carboxylic acids is 2. The zero-order valence-corrected chi connectivity index (χ0v) is 66.9. The molecule has 0 bridgehead atoms. The van der Waals surface area contributed by atoms with E-state index in [1.165, 1.54) is 289 Å². The number of carbonyl (C=O) groups is 2. The van der Waals surface area contributed by atoms with Crippen LogP contribution in [0, 0.1) is 0 Å². The highest BCUT2D eigenvalue weighted by atomic mass is 31.2. The molecule has 576 valence electrons. The van der Waals surface area contributed by atoms with E-state index in [4.69, 9.17) is 18.5 Å². The molecule has 0 aromatic carbocycles. The summed E-state index contributed by atoms with van der Waals surface area (Å²) >= 11 is 0. The van der Waals surface area contributed by atoms with Gasteiger partial charge >= 0.3 is 19.8 Å². The predicted molar refractivity (Wildman–Crippen MR) is 432 cm³/mol. The van der Waals surface area contributed by atoms with Gasteiger partial charge in [-0.1, -0.05) is 413 Å². The first-order chi connectivity index (χ1) is 48.5. The fraction of sp³-hybridized carbons (Fsp3) is 0.798. The minimum atomic E-state index is -4.40. The monoisotopic (exact) mass is 1410 g/mol. The average Bonchev–Trinajstić information content (AvgIpc) is 0.987. The standard InChI is InChI=1S/C89H162NO8P/c1-6-8-10-12-14-16-18-20-22-24-26-28-30-32-34-36-38-40-42-43-44-45-46-47-48-50-52-54-56-58-60-62-64-66-68-70-72-74-76-78-80-82-89(92)98-87(86-97-99(93,94)96-84-83-90(3,4)5)85-95-88(91)81-79-77-75-73-71-69-67-65-63-61-59-57-55-53-51-49-41-39-37-35-33-31-29-27-25-23-21-19-17-15-13-11-9-7-2/h8,10,14,16,20,22,26,28,32,34,38,40,43-44,46-47,87H,6-7,9,11-13,15,17-19,21,23-25,27,29-31,33,35-37,39,41-42,45,48-86H2,1-5H3/p+1/b10-8-,16-14-,22-20-,28-26-,34-32-,40-38-,44-43-,47-46-. The lowest BCUT2D eigenvalue weighted by molar-refractivity contribution is -0.870. The largest absolute Gasteiger partial charge is 0.472 e. The van der Waals surface area contributed by atoms with Crippen LogP contribution in [0.2, 0.25) is 0 Å². The van der Waals surface area contributed by atoms with Gasteiger partial charge in [0.2, 0.25) is 0 Å². The van der Waals surface area contributed by atoms with E-state index in [0.29, 0.717) is 23.9 Å². The Morgan fingerprint density at radius 3 is 0.859 bits per heavy atom. The Morgan fingerprint density at radius 2 is 0.576 bits per heavy atom. The average molecular weight is 1410 g/mol. The van der Waals surface area contributed by atoms with Crippen molar-refractivity contribution in [3.05, 3.63) is 97.2 Å². The molecule has 0 saturated heterocycles. The smallest absolute Gasteiger partial charge is 0.462 e. The molecule has 0 aliphatic rings. The van der Waals surface area contributed by atoms with Crippen molar-refractivity contribution in [1.29, 1.82) is 0 Å². The van der Waals surface area contributed by atoms with Crippen molar-refractivity contribution in [3.8, 4) is 0 Å². The van der Waals surface area contributed by atoms with E-state index in [1.54, 1.807) is 0 Å². The number of esters is 2. The number of rotatable bonds is 79. The summed E-state index contributed by atoms with van der Waals surface area (Å²) in [6, 6.07) is 0. The minimum Gasteiger partial charge on any atom is -0.462 e. The third kappa shape index (κ3) is 83.8. The lowest BCUT2D eigenvalue weighted by Gasteiger charge is -2.24. The van der Waals surface area contributed by atoms with Crippen LogP contribution >= 0.6 is 7.82 Å². The van der Waals surface area contributed by atoms with E-state index in [9.17, 15) is 19.0 Å². The summed E-state index contributed by atoms with van der Waals surface area (Å²) in [6.45, 7) is 4.38. The Morgan fingerprint density at radius 1 is 0.323 bits per heavy atom. The van der Waals surface area contributed by atoms with Crippen molar-refractivity contribution < 1.29 is 42.1 Å². The van der Waals surface area contributed by atoms with Crippen molar-refractivity contribution >= 4 is 19.8 Å². The van der Waals surface area contributed by atoms with Gasteiger partial charge in [-0.3, -0.25) is 18.6 Å². The molecule has 0 rings (SSSR count). The fourth-order valence-corrected chi connectivity index (χ4v) is 13.2. The third-order valence-corrected chi connectivity index (χ3v) is 19.9. The van der Waals surface area contributed by atoms with Gasteiger partial charge in [0.05, 0.1) is 27.7 Å². The second-order valence-electron chi connectivity index (χ2n) is 29.8. The van der Waals surface area contributed by atoms with Crippen molar-refractivity contribution in [1.82, 2.24) is 0 Å². The summed E-state index contributed by atoms with van der Waals surface area (Å²) in [4.78, 5) is 36.0. The molecule has 0 aliphatic heterocycles. The molecule has 9 nitrogen and oxygen atoms in total. The second kappa shape index (κ2) is 79.1. The van der Waals surface area contributed by atoms with Crippen LogP contribution < -0.4 is 0 Å².